The highest BCUT2D eigenvalue weighted by Crippen LogP contribution is 2.25. The number of allylic oxidation sites excluding steroid dienone is 2. The van der Waals surface area contributed by atoms with E-state index in [-0.39, 0.29) is 0 Å². The smallest absolute Gasteiger partial charge is 0.139 e. The van der Waals surface area contributed by atoms with Gasteiger partial charge in [0.15, 0.2) is 0 Å². The summed E-state index contributed by atoms with van der Waals surface area (Å²) in [5.74, 6) is 0. The molecule has 0 saturated carbocycles. The molecule has 0 radical (unpaired) electrons. The molecule has 100 valence electrons. The molecule has 1 aromatic heterocycles. The van der Waals surface area contributed by atoms with Crippen LogP contribution >= 0.6 is 0 Å². The molecule has 0 aliphatic heterocycles. The first kappa shape index (κ1) is 13.6. The van der Waals surface area contributed by atoms with Crippen LogP contribution in [0.5, 0.6) is 0 Å². The highest BCUT2D eigenvalue weighted by Gasteiger charge is 2.12. The predicted octanol–water partition coefficient (Wildman–Crippen LogP) is 3.76. The van der Waals surface area contributed by atoms with Gasteiger partial charge in [-0.25, -0.2) is 4.68 Å². The Morgan fingerprint density at radius 3 is 2.89 bits per heavy atom. The van der Waals surface area contributed by atoms with E-state index in [4.69, 9.17) is 4.74 Å². The molecule has 18 heavy (non-hydrogen) atoms. The van der Waals surface area contributed by atoms with Crippen LogP contribution in [0.15, 0.2) is 18.3 Å². The number of aromatic nitrogens is 2. The summed E-state index contributed by atoms with van der Waals surface area (Å²) in [5, 5.41) is 4.56. The Balaban J connectivity index is 1.77. The van der Waals surface area contributed by atoms with Gasteiger partial charge in [-0.2, -0.15) is 5.10 Å². The van der Waals surface area contributed by atoms with Gasteiger partial charge in [-0.3, -0.25) is 0 Å². The van der Waals surface area contributed by atoms with Crippen molar-refractivity contribution in [2.24, 2.45) is 0 Å². The summed E-state index contributed by atoms with van der Waals surface area (Å²) in [6.45, 7) is 8.55. The van der Waals surface area contributed by atoms with Crippen LogP contribution < -0.4 is 0 Å². The van der Waals surface area contributed by atoms with Gasteiger partial charge in [0.1, 0.15) is 6.73 Å². The van der Waals surface area contributed by atoms with E-state index in [1.54, 1.807) is 0 Å². The SMILES string of the molecule is C[Si](C)(C)CCOCn1ccc(C2=CCCC2)n1. The second kappa shape index (κ2) is 5.84. The van der Waals surface area contributed by atoms with Crippen molar-refractivity contribution in [2.75, 3.05) is 6.61 Å². The first-order valence-corrected chi connectivity index (χ1v) is 10.6. The highest BCUT2D eigenvalue weighted by molar-refractivity contribution is 6.76. The van der Waals surface area contributed by atoms with Crippen LogP contribution in [0.25, 0.3) is 5.57 Å². The minimum Gasteiger partial charge on any atom is -0.360 e. The van der Waals surface area contributed by atoms with E-state index >= 15 is 0 Å². The third-order valence-electron chi connectivity index (χ3n) is 3.23. The standard InChI is InChI=1S/C14H24N2OSi/c1-18(2,3)11-10-17-12-16-9-8-14(15-16)13-6-4-5-7-13/h6,8-9H,4-5,7,10-12H2,1-3H3. The Morgan fingerprint density at radius 1 is 1.39 bits per heavy atom. The zero-order valence-electron chi connectivity index (χ0n) is 11.8. The molecule has 3 nitrogen and oxygen atoms in total. The van der Waals surface area contributed by atoms with Crippen LogP contribution in [0.2, 0.25) is 25.7 Å². The van der Waals surface area contributed by atoms with E-state index < -0.39 is 8.07 Å². The number of hydrogen-bond acceptors (Lipinski definition) is 2. The molecule has 0 N–H and O–H groups in total. The van der Waals surface area contributed by atoms with Crippen molar-refractivity contribution in [3.8, 4) is 0 Å². The van der Waals surface area contributed by atoms with Crippen LogP contribution in [0.3, 0.4) is 0 Å². The van der Waals surface area contributed by atoms with E-state index in [0.717, 1.165) is 12.3 Å². The maximum absolute atomic E-state index is 5.69. The van der Waals surface area contributed by atoms with Gasteiger partial charge in [0.2, 0.25) is 0 Å². The number of hydrogen-bond donors (Lipinski definition) is 0. The van der Waals surface area contributed by atoms with E-state index in [9.17, 15) is 0 Å². The summed E-state index contributed by atoms with van der Waals surface area (Å²) in [6.07, 6.45) is 7.97. The van der Waals surface area contributed by atoms with Crippen LogP contribution in [0, 0.1) is 0 Å². The zero-order chi connectivity index (χ0) is 13.0. The fraction of sp³-hybridized carbons (Fsp3) is 0.643. The summed E-state index contributed by atoms with van der Waals surface area (Å²) >= 11 is 0. The van der Waals surface area contributed by atoms with Crippen LogP contribution in [0.1, 0.15) is 25.0 Å². The molecule has 0 unspecified atom stereocenters. The average molecular weight is 264 g/mol. The summed E-state index contributed by atoms with van der Waals surface area (Å²) in [4.78, 5) is 0. The fourth-order valence-electron chi connectivity index (χ4n) is 2.04. The van der Waals surface area contributed by atoms with Gasteiger partial charge in [-0.05, 0) is 36.9 Å². The summed E-state index contributed by atoms with van der Waals surface area (Å²) < 4.78 is 7.59. The van der Waals surface area contributed by atoms with Crippen molar-refractivity contribution in [3.05, 3.63) is 24.0 Å². The molecule has 0 atom stereocenters. The molecule has 0 spiro atoms. The first-order chi connectivity index (χ1) is 8.54. The van der Waals surface area contributed by atoms with Crippen LogP contribution in [-0.2, 0) is 11.5 Å². The van der Waals surface area contributed by atoms with E-state index in [0.29, 0.717) is 6.73 Å². The lowest BCUT2D eigenvalue weighted by Crippen LogP contribution is -2.22. The second-order valence-electron chi connectivity index (χ2n) is 6.21. The Bertz CT molecular complexity index is 418. The molecule has 0 amide bonds. The van der Waals surface area contributed by atoms with Crippen molar-refractivity contribution in [3.63, 3.8) is 0 Å². The van der Waals surface area contributed by atoms with Gasteiger partial charge < -0.3 is 4.74 Å². The maximum Gasteiger partial charge on any atom is 0.139 e. The monoisotopic (exact) mass is 264 g/mol. The second-order valence-corrected chi connectivity index (χ2v) is 11.8. The molecular weight excluding hydrogens is 240 g/mol. The Kier molecular flexibility index (Phi) is 4.40. The van der Waals surface area contributed by atoms with E-state index in [2.05, 4.69) is 36.9 Å². The average Bonchev–Trinajstić information content (AvgIpc) is 2.93. The fourth-order valence-corrected chi connectivity index (χ4v) is 2.80. The lowest BCUT2D eigenvalue weighted by atomic mass is 10.2. The zero-order valence-corrected chi connectivity index (χ0v) is 12.8. The largest absolute Gasteiger partial charge is 0.360 e. The van der Waals surface area contributed by atoms with Gasteiger partial charge in [0.25, 0.3) is 0 Å². The number of rotatable bonds is 6. The molecular formula is C14H24N2OSi. The maximum atomic E-state index is 5.69. The van der Waals surface area contributed by atoms with E-state index in [1.807, 2.05) is 10.9 Å². The normalized spacial score (nSPS) is 16.1. The van der Waals surface area contributed by atoms with Crippen molar-refractivity contribution in [1.29, 1.82) is 0 Å². The molecule has 4 heteroatoms. The lowest BCUT2D eigenvalue weighted by Gasteiger charge is -2.15. The molecule has 0 aromatic carbocycles. The van der Waals surface area contributed by atoms with Gasteiger partial charge in [-0.15, -0.1) is 0 Å². The summed E-state index contributed by atoms with van der Waals surface area (Å²) in [6, 6.07) is 3.31. The van der Waals surface area contributed by atoms with Gasteiger partial charge in [0, 0.05) is 20.9 Å². The Morgan fingerprint density at radius 2 is 2.22 bits per heavy atom. The molecule has 1 aromatic rings. The molecule has 1 heterocycles. The Labute approximate surface area is 111 Å². The number of ether oxygens (including phenoxy) is 1. The van der Waals surface area contributed by atoms with Crippen molar-refractivity contribution in [2.45, 2.75) is 51.7 Å². The van der Waals surface area contributed by atoms with Crippen molar-refractivity contribution < 1.29 is 4.74 Å². The lowest BCUT2D eigenvalue weighted by molar-refractivity contribution is 0.0785. The van der Waals surface area contributed by atoms with Gasteiger partial charge >= 0.3 is 0 Å². The van der Waals surface area contributed by atoms with Crippen molar-refractivity contribution >= 4 is 13.6 Å². The minimum atomic E-state index is -0.975. The van der Waals surface area contributed by atoms with Crippen LogP contribution in [0.4, 0.5) is 0 Å². The highest BCUT2D eigenvalue weighted by atomic mass is 28.3. The molecule has 0 bridgehead atoms. The summed E-state index contributed by atoms with van der Waals surface area (Å²) in [5.41, 5.74) is 2.53. The molecule has 0 fully saturated rings. The van der Waals surface area contributed by atoms with Gasteiger partial charge in [-0.1, -0.05) is 25.7 Å². The third-order valence-corrected chi connectivity index (χ3v) is 4.93. The quantitative estimate of drug-likeness (QED) is 0.578. The number of nitrogens with zero attached hydrogens (tertiary/aromatic N) is 2. The van der Waals surface area contributed by atoms with Crippen molar-refractivity contribution in [1.82, 2.24) is 9.78 Å². The topological polar surface area (TPSA) is 27.1 Å². The summed E-state index contributed by atoms with van der Waals surface area (Å²) in [7, 11) is -0.975. The third kappa shape index (κ3) is 4.10. The molecule has 1 aliphatic carbocycles. The van der Waals surface area contributed by atoms with E-state index in [1.165, 1.54) is 30.9 Å². The Hall–Kier alpha value is -0.873. The predicted molar refractivity (Wildman–Crippen MR) is 78.2 cm³/mol. The van der Waals surface area contributed by atoms with Gasteiger partial charge in [0.05, 0.1) is 5.69 Å². The molecule has 2 rings (SSSR count). The first-order valence-electron chi connectivity index (χ1n) is 6.85. The van der Waals surface area contributed by atoms with Crippen LogP contribution in [-0.4, -0.2) is 24.5 Å². The molecule has 0 saturated heterocycles. The molecule has 1 aliphatic rings. The minimum absolute atomic E-state index is 0.581.